The van der Waals surface area contributed by atoms with Crippen molar-refractivity contribution in [2.24, 2.45) is 11.8 Å². The van der Waals surface area contributed by atoms with Gasteiger partial charge in [0.15, 0.2) is 0 Å². The minimum absolute atomic E-state index is 0.00639. The second kappa shape index (κ2) is 11.7. The number of piperidine rings is 1. The maximum Gasteiger partial charge on any atom is 0.249 e. The van der Waals surface area contributed by atoms with Crippen LogP contribution in [-0.2, 0) is 25.7 Å². The largest absolute Gasteiger partial charge is 0.489 e. The van der Waals surface area contributed by atoms with E-state index in [9.17, 15) is 19.5 Å². The third-order valence-electron chi connectivity index (χ3n) is 7.11. The van der Waals surface area contributed by atoms with Crippen LogP contribution in [0, 0.1) is 11.8 Å². The zero-order valence-corrected chi connectivity index (χ0v) is 20.3. The summed E-state index contributed by atoms with van der Waals surface area (Å²) in [6.45, 7) is 2.50. The van der Waals surface area contributed by atoms with Gasteiger partial charge in [0, 0.05) is 51.8 Å². The van der Waals surface area contributed by atoms with E-state index in [0.717, 1.165) is 5.56 Å². The number of rotatable bonds is 4. The molecule has 3 atom stereocenters. The van der Waals surface area contributed by atoms with Crippen LogP contribution in [0.25, 0.3) is 0 Å². The number of benzene rings is 1. The molecule has 9 heteroatoms. The summed E-state index contributed by atoms with van der Waals surface area (Å²) in [5, 5.41) is 9.79. The molecular weight excluding hydrogens is 450 g/mol. The average molecular weight is 486 g/mol. The summed E-state index contributed by atoms with van der Waals surface area (Å²) < 4.78 is 11.1. The molecule has 1 N–H and O–H groups in total. The van der Waals surface area contributed by atoms with Gasteiger partial charge in [-0.2, -0.15) is 0 Å². The number of para-hydroxylation sites is 1. The number of amides is 3. The maximum atomic E-state index is 13.3. The average Bonchev–Trinajstić information content (AvgIpc) is 3.29. The molecule has 1 aromatic carbocycles. The first-order chi connectivity index (χ1) is 16.9. The number of hydrogen-bond donors (Lipinski definition) is 1. The molecule has 3 aliphatic heterocycles. The Kier molecular flexibility index (Phi) is 8.41. The lowest BCUT2D eigenvalue weighted by Gasteiger charge is -2.38. The number of hydrogen-bond acceptors (Lipinski definition) is 6. The van der Waals surface area contributed by atoms with Crippen molar-refractivity contribution in [1.29, 1.82) is 0 Å². The maximum absolute atomic E-state index is 13.3. The molecule has 1 aromatic rings. The highest BCUT2D eigenvalue weighted by atomic mass is 16.5. The molecule has 2 saturated heterocycles. The number of aliphatic hydroxyl groups excluding tert-OH is 1. The second-order valence-electron chi connectivity index (χ2n) is 9.57. The van der Waals surface area contributed by atoms with E-state index in [-0.39, 0.29) is 49.3 Å². The summed E-state index contributed by atoms with van der Waals surface area (Å²) in [6, 6.07) is 7.51. The number of nitrogens with zero attached hydrogens (tertiary/aromatic N) is 3. The number of ether oxygens (including phenoxy) is 2. The van der Waals surface area contributed by atoms with Crippen LogP contribution >= 0.6 is 0 Å². The molecule has 3 heterocycles. The molecule has 0 aromatic heterocycles. The van der Waals surface area contributed by atoms with E-state index in [2.05, 4.69) is 6.08 Å². The van der Waals surface area contributed by atoms with E-state index in [4.69, 9.17) is 9.47 Å². The number of carbonyl (C=O) groups is 3. The first-order valence-electron chi connectivity index (χ1n) is 12.3. The Hall–Kier alpha value is -2.91. The number of methoxy groups -OCH3 is 1. The molecule has 9 nitrogen and oxygen atoms in total. The monoisotopic (exact) mass is 485 g/mol. The fourth-order valence-corrected chi connectivity index (χ4v) is 5.11. The number of carbonyl (C=O) groups excluding carboxylic acids is 3. The van der Waals surface area contributed by atoms with Gasteiger partial charge in [-0.05, 0) is 30.7 Å². The smallest absolute Gasteiger partial charge is 0.249 e. The van der Waals surface area contributed by atoms with Gasteiger partial charge in [-0.3, -0.25) is 14.4 Å². The zero-order chi connectivity index (χ0) is 24.8. The van der Waals surface area contributed by atoms with E-state index in [1.165, 1.54) is 12.0 Å². The lowest BCUT2D eigenvalue weighted by atomic mass is 9.82. The van der Waals surface area contributed by atoms with E-state index in [1.54, 1.807) is 9.80 Å². The number of fused-ring (bicyclic) bond motifs is 3. The third kappa shape index (κ3) is 6.41. The predicted molar refractivity (Wildman–Crippen MR) is 128 cm³/mol. The summed E-state index contributed by atoms with van der Waals surface area (Å²) in [5.41, 5.74) is 0.826. The number of β-amino-alcohol motifs (C(OH)–C–C–N with tert-alkyl or cyclic N) is 1. The lowest BCUT2D eigenvalue weighted by Crippen LogP contribution is -2.49. The van der Waals surface area contributed by atoms with Crippen molar-refractivity contribution < 1.29 is 29.0 Å². The zero-order valence-electron chi connectivity index (χ0n) is 20.3. The summed E-state index contributed by atoms with van der Waals surface area (Å²) in [4.78, 5) is 43.9. The van der Waals surface area contributed by atoms with Crippen LogP contribution < -0.4 is 4.74 Å². The van der Waals surface area contributed by atoms with Gasteiger partial charge in [-0.25, -0.2) is 0 Å². The van der Waals surface area contributed by atoms with Gasteiger partial charge >= 0.3 is 0 Å². The number of aliphatic hydroxyl groups is 1. The highest BCUT2D eigenvalue weighted by molar-refractivity contribution is 5.85. The van der Waals surface area contributed by atoms with Crippen molar-refractivity contribution >= 4 is 17.7 Å². The van der Waals surface area contributed by atoms with Crippen LogP contribution in [-0.4, -0.2) is 96.7 Å². The van der Waals surface area contributed by atoms with Crippen LogP contribution in [0.3, 0.4) is 0 Å². The fraction of sp³-hybridized carbons (Fsp3) is 0.577. The molecule has 4 rings (SSSR count). The quantitative estimate of drug-likeness (QED) is 0.641. The first-order valence-corrected chi connectivity index (χ1v) is 12.3. The van der Waals surface area contributed by atoms with Crippen molar-refractivity contribution in [2.75, 3.05) is 53.0 Å². The SMILES string of the molecule is COCC(=O)N1CC(=O)N2CC[C@@H](CC(=O)N3CC[C@@H](O)C3)[C@@H](/C=C\COc3ccccc3C1)C2. The Morgan fingerprint density at radius 2 is 1.91 bits per heavy atom. The topological polar surface area (TPSA) is 99.6 Å². The Morgan fingerprint density at radius 1 is 1.09 bits per heavy atom. The van der Waals surface area contributed by atoms with Crippen molar-refractivity contribution in [3.8, 4) is 5.75 Å². The van der Waals surface area contributed by atoms with Crippen LogP contribution in [0.5, 0.6) is 5.75 Å². The fourth-order valence-electron chi connectivity index (χ4n) is 5.11. The molecule has 0 unspecified atom stereocenters. The highest BCUT2D eigenvalue weighted by Gasteiger charge is 2.34. The Labute approximate surface area is 206 Å². The second-order valence-corrected chi connectivity index (χ2v) is 9.57. The molecule has 0 spiro atoms. The van der Waals surface area contributed by atoms with Crippen LogP contribution in [0.4, 0.5) is 0 Å². The van der Waals surface area contributed by atoms with Gasteiger partial charge < -0.3 is 29.3 Å². The summed E-state index contributed by atoms with van der Waals surface area (Å²) in [5.74, 6) is 0.466. The van der Waals surface area contributed by atoms with Gasteiger partial charge in [0.1, 0.15) is 25.5 Å². The Morgan fingerprint density at radius 3 is 2.69 bits per heavy atom. The normalized spacial score (nSPS) is 26.2. The molecule has 2 bridgehead atoms. The first kappa shape index (κ1) is 25.2. The molecule has 190 valence electrons. The van der Waals surface area contributed by atoms with Gasteiger partial charge in [-0.1, -0.05) is 30.4 Å². The summed E-state index contributed by atoms with van der Waals surface area (Å²) in [6.07, 6.45) is 5.30. The van der Waals surface area contributed by atoms with Crippen molar-refractivity contribution in [3.63, 3.8) is 0 Å². The van der Waals surface area contributed by atoms with Crippen LogP contribution in [0.15, 0.2) is 36.4 Å². The standard InChI is InChI=1S/C26H35N3O6/c1-34-18-26(33)29-15-21-5-2-3-7-23(21)35-12-4-6-20-14-27(25(32)17-29)10-8-19(20)13-24(31)28-11-9-22(30)16-28/h2-7,19-20,22,30H,8-18H2,1H3/b6-4-/t19-,20-,22+/m0/s1. The van der Waals surface area contributed by atoms with Gasteiger partial charge in [-0.15, -0.1) is 0 Å². The summed E-state index contributed by atoms with van der Waals surface area (Å²) in [7, 11) is 1.46. The molecule has 2 fully saturated rings. The lowest BCUT2D eigenvalue weighted by molar-refractivity contribution is -0.144. The van der Waals surface area contributed by atoms with Crippen molar-refractivity contribution in [2.45, 2.75) is 31.9 Å². The van der Waals surface area contributed by atoms with Crippen LogP contribution in [0.2, 0.25) is 0 Å². The van der Waals surface area contributed by atoms with Gasteiger partial charge in [0.05, 0.1) is 6.10 Å². The third-order valence-corrected chi connectivity index (χ3v) is 7.11. The molecule has 3 amide bonds. The molecule has 0 aliphatic carbocycles. The molecular formula is C26H35N3O6. The molecule has 35 heavy (non-hydrogen) atoms. The molecule has 3 aliphatic rings. The van der Waals surface area contributed by atoms with E-state index < -0.39 is 6.10 Å². The minimum Gasteiger partial charge on any atom is -0.489 e. The van der Waals surface area contributed by atoms with E-state index in [0.29, 0.717) is 57.8 Å². The van der Waals surface area contributed by atoms with E-state index >= 15 is 0 Å². The molecule has 0 radical (unpaired) electrons. The predicted octanol–water partition coefficient (Wildman–Crippen LogP) is 1.06. The van der Waals surface area contributed by atoms with Gasteiger partial charge in [0.25, 0.3) is 0 Å². The minimum atomic E-state index is -0.438. The van der Waals surface area contributed by atoms with Crippen LogP contribution in [0.1, 0.15) is 24.8 Å². The van der Waals surface area contributed by atoms with Gasteiger partial charge in [0.2, 0.25) is 17.7 Å². The van der Waals surface area contributed by atoms with Crippen molar-refractivity contribution in [3.05, 3.63) is 42.0 Å². The highest BCUT2D eigenvalue weighted by Crippen LogP contribution is 2.30. The van der Waals surface area contributed by atoms with Crippen molar-refractivity contribution in [1.82, 2.24) is 14.7 Å². The Balaban J connectivity index is 1.53. The number of likely N-dealkylation sites (tertiary alicyclic amines) is 1. The molecule has 0 saturated carbocycles. The van der Waals surface area contributed by atoms with E-state index in [1.807, 2.05) is 30.3 Å². The summed E-state index contributed by atoms with van der Waals surface area (Å²) >= 11 is 0. The Bertz CT molecular complexity index is 951.